The minimum Gasteiger partial charge on any atom is -0.388 e. The van der Waals surface area contributed by atoms with Crippen molar-refractivity contribution in [2.24, 2.45) is 5.92 Å². The number of rotatable bonds is 2. The third kappa shape index (κ3) is 4.28. The number of hydrogen-bond acceptors (Lipinski definition) is 2. The predicted octanol–water partition coefficient (Wildman–Crippen LogP) is 4.91. The van der Waals surface area contributed by atoms with Gasteiger partial charge < -0.3 is 5.11 Å². The predicted molar refractivity (Wildman–Crippen MR) is 73.0 cm³/mol. The highest BCUT2D eigenvalue weighted by atomic mass is 19.4. The second-order valence-corrected chi connectivity index (χ2v) is 5.96. The van der Waals surface area contributed by atoms with Crippen molar-refractivity contribution in [1.82, 2.24) is 0 Å². The molecular weight excluding hydrogens is 338 g/mol. The zero-order chi connectivity index (χ0) is 18.1. The number of aliphatic hydroxyl groups is 1. The van der Waals surface area contributed by atoms with Gasteiger partial charge in [0.05, 0.1) is 17.2 Å². The number of ketones is 1. The van der Waals surface area contributed by atoms with Gasteiger partial charge in [0.25, 0.3) is 0 Å². The van der Waals surface area contributed by atoms with E-state index in [1.807, 2.05) is 0 Å². The van der Waals surface area contributed by atoms with E-state index in [9.17, 15) is 36.2 Å². The van der Waals surface area contributed by atoms with Gasteiger partial charge in [0.15, 0.2) is 0 Å². The number of hydrogen-bond donors (Lipinski definition) is 1. The Morgan fingerprint density at radius 1 is 0.917 bits per heavy atom. The normalized spacial score (nSPS) is 21.5. The highest BCUT2D eigenvalue weighted by molar-refractivity contribution is 5.82. The topological polar surface area (TPSA) is 37.3 Å². The molecule has 1 aliphatic rings. The van der Waals surface area contributed by atoms with Crippen LogP contribution in [0.2, 0.25) is 0 Å². The van der Waals surface area contributed by atoms with E-state index in [0.717, 1.165) is 6.42 Å². The van der Waals surface area contributed by atoms with Gasteiger partial charge in [-0.3, -0.25) is 4.79 Å². The molecule has 1 saturated carbocycles. The minimum atomic E-state index is -4.98. The number of alkyl halides is 6. The summed E-state index contributed by atoms with van der Waals surface area (Å²) >= 11 is 0. The van der Waals surface area contributed by atoms with Crippen LogP contribution < -0.4 is 0 Å². The molecule has 1 aromatic rings. The summed E-state index contributed by atoms with van der Waals surface area (Å²) in [6, 6.07) is 0.974. The molecule has 0 aliphatic heterocycles. The number of benzene rings is 1. The summed E-state index contributed by atoms with van der Waals surface area (Å²) in [5.41, 5.74) is -3.52. The van der Waals surface area contributed by atoms with Gasteiger partial charge in [-0.1, -0.05) is 12.8 Å². The Balaban J connectivity index is 2.46. The van der Waals surface area contributed by atoms with Crippen LogP contribution in [0.15, 0.2) is 18.2 Å². The lowest BCUT2D eigenvalue weighted by molar-refractivity contribution is -0.143. The molecule has 0 amide bonds. The van der Waals surface area contributed by atoms with Gasteiger partial charge in [-0.2, -0.15) is 26.3 Å². The van der Waals surface area contributed by atoms with Gasteiger partial charge in [0.1, 0.15) is 5.78 Å². The lowest BCUT2D eigenvalue weighted by Crippen LogP contribution is -2.22. The maximum absolute atomic E-state index is 12.9. The Kier molecular flexibility index (Phi) is 5.27. The summed E-state index contributed by atoms with van der Waals surface area (Å²) in [4.78, 5) is 12.0. The van der Waals surface area contributed by atoms with Gasteiger partial charge >= 0.3 is 12.4 Å². The average Bonchev–Trinajstić information content (AvgIpc) is 2.69. The van der Waals surface area contributed by atoms with Crippen molar-refractivity contribution >= 4 is 5.78 Å². The molecule has 2 atom stereocenters. The molecule has 1 N–H and O–H groups in total. The van der Waals surface area contributed by atoms with Crippen LogP contribution in [0.4, 0.5) is 26.3 Å². The quantitative estimate of drug-likeness (QED) is 0.605. The Morgan fingerprint density at radius 2 is 1.46 bits per heavy atom. The number of halogens is 6. The fourth-order valence-corrected chi connectivity index (χ4v) is 2.90. The van der Waals surface area contributed by atoms with Crippen LogP contribution >= 0.6 is 0 Å². The molecule has 0 bridgehead atoms. The highest BCUT2D eigenvalue weighted by Crippen LogP contribution is 2.39. The lowest BCUT2D eigenvalue weighted by atomic mass is 9.87. The second-order valence-electron chi connectivity index (χ2n) is 5.96. The molecule has 0 unspecified atom stereocenters. The fraction of sp³-hybridized carbons (Fsp3) is 0.562. The molecule has 8 heteroatoms. The fourth-order valence-electron chi connectivity index (χ4n) is 2.90. The molecule has 1 fully saturated rings. The standard InChI is InChI=1S/C16H16F6O2/c17-15(18,19)10-6-9(7-11(8-10)16(20,21)22)14(24)12-4-2-1-3-5-13(12)23/h6-8,12,14,24H,1-5H2/t12-,14-/m0/s1. The summed E-state index contributed by atoms with van der Waals surface area (Å²) in [6.45, 7) is 0. The smallest absolute Gasteiger partial charge is 0.388 e. The van der Waals surface area contributed by atoms with Crippen molar-refractivity contribution in [2.45, 2.75) is 50.6 Å². The number of Topliss-reactive ketones (excluding diaryl/α,β-unsaturated/α-hetero) is 1. The molecule has 1 aliphatic carbocycles. The molecule has 2 rings (SSSR count). The molecule has 0 spiro atoms. The van der Waals surface area contributed by atoms with Crippen LogP contribution in [0.3, 0.4) is 0 Å². The van der Waals surface area contributed by atoms with Gasteiger partial charge in [0, 0.05) is 12.3 Å². The van der Waals surface area contributed by atoms with Crippen molar-refractivity contribution in [3.8, 4) is 0 Å². The third-order valence-electron chi connectivity index (χ3n) is 4.18. The van der Waals surface area contributed by atoms with Gasteiger partial charge in [0.2, 0.25) is 0 Å². The Morgan fingerprint density at radius 3 is 1.96 bits per heavy atom. The van der Waals surface area contributed by atoms with Crippen LogP contribution in [-0.4, -0.2) is 10.9 Å². The van der Waals surface area contributed by atoms with E-state index < -0.39 is 41.1 Å². The molecular formula is C16H16F6O2. The van der Waals surface area contributed by atoms with Crippen LogP contribution in [0.1, 0.15) is 54.9 Å². The highest BCUT2D eigenvalue weighted by Gasteiger charge is 2.38. The zero-order valence-electron chi connectivity index (χ0n) is 12.5. The summed E-state index contributed by atoms with van der Waals surface area (Å²) in [6.07, 6.45) is -9.28. The number of carbonyl (C=O) groups is 1. The van der Waals surface area contributed by atoms with E-state index in [1.54, 1.807) is 0 Å². The maximum Gasteiger partial charge on any atom is 0.416 e. The lowest BCUT2D eigenvalue weighted by Gasteiger charge is -2.22. The first-order valence-electron chi connectivity index (χ1n) is 7.50. The van der Waals surface area contributed by atoms with E-state index >= 15 is 0 Å². The van der Waals surface area contributed by atoms with Gasteiger partial charge in [-0.05, 0) is 36.6 Å². The second kappa shape index (κ2) is 6.74. The van der Waals surface area contributed by atoms with Crippen molar-refractivity contribution in [3.63, 3.8) is 0 Å². The van der Waals surface area contributed by atoms with Crippen LogP contribution in [0.25, 0.3) is 0 Å². The molecule has 24 heavy (non-hydrogen) atoms. The van der Waals surface area contributed by atoms with E-state index in [2.05, 4.69) is 0 Å². The first-order valence-corrected chi connectivity index (χ1v) is 7.50. The Hall–Kier alpha value is -1.57. The molecule has 0 radical (unpaired) electrons. The number of carbonyl (C=O) groups excluding carboxylic acids is 1. The van der Waals surface area contributed by atoms with E-state index in [-0.39, 0.29) is 24.7 Å². The zero-order valence-corrected chi connectivity index (χ0v) is 12.5. The molecule has 1 aromatic carbocycles. The minimum absolute atomic E-state index is 0.00509. The van der Waals surface area contributed by atoms with E-state index in [0.29, 0.717) is 25.0 Å². The van der Waals surface area contributed by atoms with E-state index in [1.165, 1.54) is 0 Å². The van der Waals surface area contributed by atoms with E-state index in [4.69, 9.17) is 0 Å². The molecule has 2 nitrogen and oxygen atoms in total. The summed E-state index contributed by atoms with van der Waals surface area (Å²) in [5, 5.41) is 10.3. The Bertz CT molecular complexity index is 573. The number of aliphatic hydroxyl groups excluding tert-OH is 1. The largest absolute Gasteiger partial charge is 0.416 e. The molecule has 0 heterocycles. The molecule has 0 aromatic heterocycles. The van der Waals surface area contributed by atoms with Gasteiger partial charge in [-0.25, -0.2) is 0 Å². The maximum atomic E-state index is 12.9. The SMILES string of the molecule is O=C1CCCCC[C@@H]1[C@@H](O)c1cc(C(F)(F)F)cc(C(F)(F)F)c1. The monoisotopic (exact) mass is 354 g/mol. The van der Waals surface area contributed by atoms with Crippen LogP contribution in [0.5, 0.6) is 0 Å². The van der Waals surface area contributed by atoms with Gasteiger partial charge in [-0.15, -0.1) is 0 Å². The third-order valence-corrected chi connectivity index (χ3v) is 4.18. The van der Waals surface area contributed by atoms with Crippen molar-refractivity contribution < 1.29 is 36.2 Å². The summed E-state index contributed by atoms with van der Waals surface area (Å²) < 4.78 is 77.2. The Labute approximate surface area is 134 Å². The molecule has 134 valence electrons. The molecule has 0 saturated heterocycles. The van der Waals surface area contributed by atoms with Crippen molar-refractivity contribution in [3.05, 3.63) is 34.9 Å². The summed E-state index contributed by atoms with van der Waals surface area (Å²) in [7, 11) is 0. The van der Waals surface area contributed by atoms with Crippen LogP contribution in [0, 0.1) is 5.92 Å². The van der Waals surface area contributed by atoms with Crippen molar-refractivity contribution in [2.75, 3.05) is 0 Å². The van der Waals surface area contributed by atoms with Crippen LogP contribution in [-0.2, 0) is 17.1 Å². The first kappa shape index (κ1) is 18.8. The first-order chi connectivity index (χ1) is 11.0. The van der Waals surface area contributed by atoms with Crippen molar-refractivity contribution in [1.29, 1.82) is 0 Å². The summed E-state index contributed by atoms with van der Waals surface area (Å²) in [5.74, 6) is -1.30. The average molecular weight is 354 g/mol.